The second-order valence-electron chi connectivity index (χ2n) is 6.96. The minimum absolute atomic E-state index is 0.0398. The zero-order chi connectivity index (χ0) is 15.3. The molecule has 2 nitrogen and oxygen atoms in total. The maximum absolute atomic E-state index is 6.42. The molecule has 1 rings (SSSR count). The first-order chi connectivity index (χ1) is 9.35. The topological polar surface area (TPSA) is 29.3 Å². The summed E-state index contributed by atoms with van der Waals surface area (Å²) in [6.45, 7) is 14.6. The highest BCUT2D eigenvalue weighted by atomic mass is 15.4. The number of hydrazine groups is 1. The van der Waals surface area contributed by atoms with Crippen LogP contribution in [0.3, 0.4) is 0 Å². The lowest BCUT2D eigenvalue weighted by molar-refractivity contribution is 0.113. The summed E-state index contributed by atoms with van der Waals surface area (Å²) in [5.74, 6) is 8.46. The molecule has 2 heteroatoms. The van der Waals surface area contributed by atoms with Crippen molar-refractivity contribution in [2.75, 3.05) is 6.54 Å². The van der Waals surface area contributed by atoms with Gasteiger partial charge in [0.05, 0.1) is 5.54 Å². The molecule has 20 heavy (non-hydrogen) atoms. The van der Waals surface area contributed by atoms with Gasteiger partial charge in [-0.15, -0.1) is 0 Å². The molecule has 0 aliphatic heterocycles. The molecular weight excluding hydrogens is 244 g/mol. The fourth-order valence-electron chi connectivity index (χ4n) is 2.77. The quantitative estimate of drug-likeness (QED) is 0.547. The first kappa shape index (κ1) is 17.5. The van der Waals surface area contributed by atoms with E-state index in [2.05, 4.69) is 64.8 Å². The molecule has 116 valence electrons. The first-order valence-corrected chi connectivity index (χ1v) is 8.26. The number of nitrogens with two attached hydrogens (primary N) is 1. The molecule has 0 heterocycles. The van der Waals surface area contributed by atoms with E-state index in [0.717, 1.165) is 19.4 Å². The van der Waals surface area contributed by atoms with Crippen molar-refractivity contribution in [3.8, 4) is 0 Å². The van der Waals surface area contributed by atoms with Gasteiger partial charge in [0.1, 0.15) is 0 Å². The van der Waals surface area contributed by atoms with E-state index in [4.69, 9.17) is 5.84 Å². The van der Waals surface area contributed by atoms with Crippen molar-refractivity contribution in [1.82, 2.24) is 5.01 Å². The summed E-state index contributed by atoms with van der Waals surface area (Å²) in [6, 6.07) is 0. The Labute approximate surface area is 126 Å². The average molecular weight is 278 g/mol. The molecule has 0 bridgehead atoms. The van der Waals surface area contributed by atoms with Gasteiger partial charge in [0, 0.05) is 6.54 Å². The SMILES string of the molecule is CC[C@@H](C)CN(N)C(C)(CC)C1=CCC(C(C)C)C=C1. The van der Waals surface area contributed by atoms with Gasteiger partial charge in [-0.1, -0.05) is 59.3 Å². The Hall–Kier alpha value is -0.600. The third-order valence-electron chi connectivity index (χ3n) is 5.14. The maximum atomic E-state index is 6.42. The minimum Gasteiger partial charge on any atom is -0.268 e. The van der Waals surface area contributed by atoms with Crippen molar-refractivity contribution in [1.29, 1.82) is 0 Å². The van der Waals surface area contributed by atoms with Crippen LogP contribution in [-0.4, -0.2) is 17.1 Å². The first-order valence-electron chi connectivity index (χ1n) is 8.26. The normalized spacial score (nSPS) is 23.9. The Morgan fingerprint density at radius 1 is 1.35 bits per heavy atom. The van der Waals surface area contributed by atoms with Crippen LogP contribution < -0.4 is 5.84 Å². The molecule has 0 amide bonds. The minimum atomic E-state index is -0.0398. The van der Waals surface area contributed by atoms with Crippen LogP contribution in [-0.2, 0) is 0 Å². The summed E-state index contributed by atoms with van der Waals surface area (Å²) in [6.07, 6.45) is 10.5. The van der Waals surface area contributed by atoms with Crippen LogP contribution >= 0.6 is 0 Å². The summed E-state index contributed by atoms with van der Waals surface area (Å²) in [4.78, 5) is 0. The second kappa shape index (κ2) is 7.42. The molecule has 0 radical (unpaired) electrons. The predicted molar refractivity (Wildman–Crippen MR) is 89.2 cm³/mol. The summed E-state index contributed by atoms with van der Waals surface area (Å²) >= 11 is 0. The van der Waals surface area contributed by atoms with Crippen molar-refractivity contribution < 1.29 is 0 Å². The fraction of sp³-hybridized carbons (Fsp3) is 0.778. The summed E-state index contributed by atoms with van der Waals surface area (Å²) in [5, 5.41) is 2.06. The summed E-state index contributed by atoms with van der Waals surface area (Å²) in [7, 11) is 0. The highest BCUT2D eigenvalue weighted by Gasteiger charge is 2.32. The van der Waals surface area contributed by atoms with E-state index in [1.807, 2.05) is 0 Å². The van der Waals surface area contributed by atoms with Gasteiger partial charge in [-0.25, -0.2) is 5.01 Å². The van der Waals surface area contributed by atoms with Crippen LogP contribution in [0.15, 0.2) is 23.8 Å². The third kappa shape index (κ3) is 3.95. The van der Waals surface area contributed by atoms with E-state index in [9.17, 15) is 0 Å². The van der Waals surface area contributed by atoms with Crippen LogP contribution in [0.2, 0.25) is 0 Å². The molecule has 2 N–H and O–H groups in total. The molecular formula is C18H34N2. The van der Waals surface area contributed by atoms with Crippen LogP contribution in [0.5, 0.6) is 0 Å². The Morgan fingerprint density at radius 3 is 2.40 bits per heavy atom. The van der Waals surface area contributed by atoms with E-state index >= 15 is 0 Å². The molecule has 0 spiro atoms. The van der Waals surface area contributed by atoms with Crippen molar-refractivity contribution in [2.45, 2.75) is 66.3 Å². The second-order valence-corrected chi connectivity index (χ2v) is 6.96. The lowest BCUT2D eigenvalue weighted by atomic mass is 9.80. The molecule has 0 saturated heterocycles. The molecule has 0 saturated carbocycles. The summed E-state index contributed by atoms with van der Waals surface area (Å²) in [5.41, 5.74) is 1.35. The van der Waals surface area contributed by atoms with Gasteiger partial charge in [0.2, 0.25) is 0 Å². The van der Waals surface area contributed by atoms with E-state index in [1.54, 1.807) is 0 Å². The highest BCUT2D eigenvalue weighted by Crippen LogP contribution is 2.33. The number of rotatable bonds is 7. The smallest absolute Gasteiger partial charge is 0.0566 e. The molecule has 1 aliphatic rings. The number of hydrogen-bond donors (Lipinski definition) is 1. The van der Waals surface area contributed by atoms with Gasteiger partial charge in [-0.3, -0.25) is 5.84 Å². The monoisotopic (exact) mass is 278 g/mol. The van der Waals surface area contributed by atoms with E-state index in [-0.39, 0.29) is 5.54 Å². The van der Waals surface area contributed by atoms with E-state index in [0.29, 0.717) is 17.8 Å². The molecule has 0 fully saturated rings. The Balaban J connectivity index is 2.82. The molecule has 2 unspecified atom stereocenters. The van der Waals surface area contributed by atoms with Crippen molar-refractivity contribution in [3.05, 3.63) is 23.8 Å². The number of nitrogens with zero attached hydrogens (tertiary/aromatic N) is 1. The van der Waals surface area contributed by atoms with Crippen molar-refractivity contribution >= 4 is 0 Å². The maximum Gasteiger partial charge on any atom is 0.0566 e. The largest absolute Gasteiger partial charge is 0.268 e. The van der Waals surface area contributed by atoms with Crippen molar-refractivity contribution in [3.63, 3.8) is 0 Å². The van der Waals surface area contributed by atoms with Crippen LogP contribution in [0.4, 0.5) is 0 Å². The summed E-state index contributed by atoms with van der Waals surface area (Å²) < 4.78 is 0. The molecule has 0 aromatic carbocycles. The van der Waals surface area contributed by atoms with E-state index in [1.165, 1.54) is 12.0 Å². The Bertz CT molecular complexity index is 356. The van der Waals surface area contributed by atoms with Gasteiger partial charge < -0.3 is 0 Å². The molecule has 1 aliphatic carbocycles. The Morgan fingerprint density at radius 2 is 2.00 bits per heavy atom. The van der Waals surface area contributed by atoms with Gasteiger partial charge in [-0.2, -0.15) is 0 Å². The van der Waals surface area contributed by atoms with Crippen LogP contribution in [0.25, 0.3) is 0 Å². The van der Waals surface area contributed by atoms with Gasteiger partial charge in [0.25, 0.3) is 0 Å². The van der Waals surface area contributed by atoms with Gasteiger partial charge in [0.15, 0.2) is 0 Å². The molecule has 3 atom stereocenters. The zero-order valence-electron chi connectivity index (χ0n) is 14.3. The predicted octanol–water partition coefficient (Wildman–Crippen LogP) is 4.54. The third-order valence-corrected chi connectivity index (χ3v) is 5.14. The highest BCUT2D eigenvalue weighted by molar-refractivity contribution is 5.33. The van der Waals surface area contributed by atoms with Gasteiger partial charge in [-0.05, 0) is 43.1 Å². The lowest BCUT2D eigenvalue weighted by Crippen LogP contribution is -2.53. The van der Waals surface area contributed by atoms with Crippen LogP contribution in [0.1, 0.15) is 60.8 Å². The van der Waals surface area contributed by atoms with Gasteiger partial charge >= 0.3 is 0 Å². The molecule has 0 aromatic heterocycles. The number of hydrogen-bond acceptors (Lipinski definition) is 2. The zero-order valence-corrected chi connectivity index (χ0v) is 14.3. The van der Waals surface area contributed by atoms with E-state index < -0.39 is 0 Å². The van der Waals surface area contributed by atoms with Crippen molar-refractivity contribution in [2.24, 2.45) is 23.6 Å². The molecule has 0 aromatic rings. The number of allylic oxidation sites excluding steroid dienone is 2. The lowest BCUT2D eigenvalue weighted by Gasteiger charge is -2.41. The average Bonchev–Trinajstić information content (AvgIpc) is 2.46. The fourth-order valence-corrected chi connectivity index (χ4v) is 2.77. The van der Waals surface area contributed by atoms with Crippen LogP contribution in [0, 0.1) is 17.8 Å². The Kier molecular flexibility index (Phi) is 6.47. The standard InChI is InChI=1S/C18H34N2/c1-7-15(5)13-20(19)18(6,8-2)17-11-9-16(10-12-17)14(3)4/h9,11-12,14-16H,7-8,10,13,19H2,1-6H3/t15-,16?,18?/m1/s1.